The van der Waals surface area contributed by atoms with E-state index in [2.05, 4.69) is 0 Å². The first kappa shape index (κ1) is 13.7. The predicted octanol–water partition coefficient (Wildman–Crippen LogP) is 2.74. The molecule has 0 amide bonds. The van der Waals surface area contributed by atoms with Crippen molar-refractivity contribution in [3.63, 3.8) is 0 Å². The summed E-state index contributed by atoms with van der Waals surface area (Å²) < 4.78 is 36.9. The highest BCUT2D eigenvalue weighted by molar-refractivity contribution is 5.44. The summed E-state index contributed by atoms with van der Waals surface area (Å²) in [6.45, 7) is 3.90. The molecule has 0 saturated heterocycles. The van der Waals surface area contributed by atoms with Crippen LogP contribution < -0.4 is 10.5 Å². The van der Waals surface area contributed by atoms with Gasteiger partial charge in [-0.15, -0.1) is 0 Å². The van der Waals surface area contributed by atoms with E-state index in [9.17, 15) is 8.78 Å². The molecule has 17 heavy (non-hydrogen) atoms. The monoisotopic (exact) mass is 245 g/mol. The Kier molecular flexibility index (Phi) is 4.28. The zero-order valence-corrected chi connectivity index (χ0v) is 10.2. The van der Waals surface area contributed by atoms with Crippen LogP contribution in [0.25, 0.3) is 0 Å². The Morgan fingerprint density at radius 2 is 1.76 bits per heavy atom. The van der Waals surface area contributed by atoms with E-state index in [4.69, 9.17) is 15.2 Å². The van der Waals surface area contributed by atoms with Gasteiger partial charge in [0.2, 0.25) is 0 Å². The Hall–Kier alpha value is -1.36. The highest BCUT2D eigenvalue weighted by Gasteiger charge is 2.18. The highest BCUT2D eigenvalue weighted by Crippen LogP contribution is 2.25. The normalized spacial score (nSPS) is 11.6. The van der Waals surface area contributed by atoms with Crippen molar-refractivity contribution in [2.75, 3.05) is 19.5 Å². The van der Waals surface area contributed by atoms with Gasteiger partial charge in [-0.25, -0.2) is 8.78 Å². The highest BCUT2D eigenvalue weighted by atomic mass is 19.1. The number of hydrogen-bond donors (Lipinski definition) is 1. The minimum absolute atomic E-state index is 0.0320. The molecule has 1 aromatic carbocycles. The van der Waals surface area contributed by atoms with Gasteiger partial charge in [0.05, 0.1) is 12.2 Å². The Morgan fingerprint density at radius 1 is 1.24 bits per heavy atom. The lowest BCUT2D eigenvalue weighted by molar-refractivity contribution is 0.00479. The maximum absolute atomic E-state index is 13.3. The summed E-state index contributed by atoms with van der Waals surface area (Å²) in [6.07, 6.45) is 0.521. The van der Waals surface area contributed by atoms with Crippen molar-refractivity contribution >= 4 is 5.69 Å². The van der Waals surface area contributed by atoms with Gasteiger partial charge < -0.3 is 15.2 Å². The van der Waals surface area contributed by atoms with Gasteiger partial charge >= 0.3 is 0 Å². The van der Waals surface area contributed by atoms with Crippen LogP contribution in [0.4, 0.5) is 14.5 Å². The third-order valence-electron chi connectivity index (χ3n) is 2.52. The molecular weight excluding hydrogens is 228 g/mol. The largest absolute Gasteiger partial charge is 0.487 e. The Morgan fingerprint density at radius 3 is 2.24 bits per heavy atom. The Labute approximate surface area is 99.5 Å². The van der Waals surface area contributed by atoms with Crippen molar-refractivity contribution < 1.29 is 18.3 Å². The quantitative estimate of drug-likeness (QED) is 0.811. The number of nitrogens with two attached hydrogens (primary N) is 1. The molecule has 0 bridgehead atoms. The first-order valence-electron chi connectivity index (χ1n) is 5.28. The van der Waals surface area contributed by atoms with Gasteiger partial charge in [0, 0.05) is 31.4 Å². The molecular formula is C12H17F2NO2. The maximum atomic E-state index is 13.3. The van der Waals surface area contributed by atoms with Gasteiger partial charge in [0.25, 0.3) is 0 Å². The number of methoxy groups -OCH3 is 1. The molecule has 96 valence electrons. The standard InChI is InChI=1S/C12H17F2NO2/c1-12(2,16-3)4-5-17-11-9(13)6-8(15)7-10(11)14/h6-7H,4-5,15H2,1-3H3. The van der Waals surface area contributed by atoms with Crippen LogP contribution in [-0.2, 0) is 4.74 Å². The molecule has 0 radical (unpaired) electrons. The molecule has 0 aliphatic rings. The molecule has 0 aliphatic carbocycles. The summed E-state index contributed by atoms with van der Waals surface area (Å²) in [4.78, 5) is 0. The fourth-order valence-corrected chi connectivity index (χ4v) is 1.22. The summed E-state index contributed by atoms with van der Waals surface area (Å²) in [7, 11) is 1.57. The van der Waals surface area contributed by atoms with Gasteiger partial charge in [-0.05, 0) is 13.8 Å². The van der Waals surface area contributed by atoms with E-state index in [1.165, 1.54) is 0 Å². The number of rotatable bonds is 5. The lowest BCUT2D eigenvalue weighted by atomic mass is 10.1. The van der Waals surface area contributed by atoms with E-state index in [0.717, 1.165) is 12.1 Å². The molecule has 0 fully saturated rings. The minimum atomic E-state index is -0.794. The average Bonchev–Trinajstić information content (AvgIpc) is 2.22. The second kappa shape index (κ2) is 5.31. The van der Waals surface area contributed by atoms with Gasteiger partial charge in [-0.3, -0.25) is 0 Å². The predicted molar refractivity (Wildman–Crippen MR) is 62.0 cm³/mol. The number of hydrogen-bond acceptors (Lipinski definition) is 3. The van der Waals surface area contributed by atoms with E-state index in [1.807, 2.05) is 13.8 Å². The second-order valence-electron chi connectivity index (χ2n) is 4.38. The van der Waals surface area contributed by atoms with Crippen molar-refractivity contribution in [1.29, 1.82) is 0 Å². The van der Waals surface area contributed by atoms with E-state index >= 15 is 0 Å². The first-order chi connectivity index (χ1) is 7.85. The van der Waals surface area contributed by atoms with Gasteiger partial charge in [-0.1, -0.05) is 0 Å². The van der Waals surface area contributed by atoms with Crippen LogP contribution in [0.15, 0.2) is 12.1 Å². The fraction of sp³-hybridized carbons (Fsp3) is 0.500. The summed E-state index contributed by atoms with van der Waals surface area (Å²) in [5, 5.41) is 0. The lowest BCUT2D eigenvalue weighted by Gasteiger charge is -2.22. The van der Waals surface area contributed by atoms with Crippen LogP contribution in [0.1, 0.15) is 20.3 Å². The number of ether oxygens (including phenoxy) is 2. The van der Waals surface area contributed by atoms with Crippen molar-refractivity contribution in [2.24, 2.45) is 0 Å². The van der Waals surface area contributed by atoms with Crippen molar-refractivity contribution in [3.8, 4) is 5.75 Å². The topological polar surface area (TPSA) is 44.5 Å². The molecule has 1 rings (SSSR count). The third-order valence-corrected chi connectivity index (χ3v) is 2.52. The van der Waals surface area contributed by atoms with E-state index in [0.29, 0.717) is 6.42 Å². The molecule has 0 aromatic heterocycles. The van der Waals surface area contributed by atoms with Crippen LogP contribution >= 0.6 is 0 Å². The molecule has 0 heterocycles. The molecule has 5 heteroatoms. The average molecular weight is 245 g/mol. The molecule has 0 spiro atoms. The second-order valence-corrected chi connectivity index (χ2v) is 4.38. The molecule has 0 unspecified atom stereocenters. The SMILES string of the molecule is COC(C)(C)CCOc1c(F)cc(N)cc1F. The van der Waals surface area contributed by atoms with Gasteiger partial charge in [0.1, 0.15) is 0 Å². The Bertz CT molecular complexity index is 371. The number of benzene rings is 1. The number of nitrogen functional groups attached to an aromatic ring is 1. The zero-order valence-electron chi connectivity index (χ0n) is 10.2. The van der Waals surface area contributed by atoms with Crippen LogP contribution in [0, 0.1) is 11.6 Å². The van der Waals surface area contributed by atoms with Gasteiger partial charge in [-0.2, -0.15) is 0 Å². The van der Waals surface area contributed by atoms with Crippen LogP contribution in [0.2, 0.25) is 0 Å². The molecule has 1 aromatic rings. The number of anilines is 1. The smallest absolute Gasteiger partial charge is 0.190 e. The lowest BCUT2D eigenvalue weighted by Crippen LogP contribution is -2.25. The van der Waals surface area contributed by atoms with E-state index in [-0.39, 0.29) is 17.9 Å². The van der Waals surface area contributed by atoms with Crippen LogP contribution in [0.5, 0.6) is 5.75 Å². The Balaban J connectivity index is 2.64. The van der Waals surface area contributed by atoms with Gasteiger partial charge in [0.15, 0.2) is 17.4 Å². The minimum Gasteiger partial charge on any atom is -0.487 e. The first-order valence-corrected chi connectivity index (χ1v) is 5.28. The molecule has 2 N–H and O–H groups in total. The zero-order chi connectivity index (χ0) is 13.1. The molecule has 0 saturated carbocycles. The van der Waals surface area contributed by atoms with Crippen LogP contribution in [-0.4, -0.2) is 19.3 Å². The maximum Gasteiger partial charge on any atom is 0.190 e. The summed E-state index contributed by atoms with van der Waals surface area (Å²) in [5.41, 5.74) is 4.94. The molecule has 3 nitrogen and oxygen atoms in total. The van der Waals surface area contributed by atoms with E-state index in [1.54, 1.807) is 7.11 Å². The summed E-state index contributed by atoms with van der Waals surface area (Å²) in [5.74, 6) is -1.98. The third kappa shape index (κ3) is 3.85. The van der Waals surface area contributed by atoms with Crippen LogP contribution in [0.3, 0.4) is 0 Å². The number of halogens is 2. The van der Waals surface area contributed by atoms with E-state index < -0.39 is 17.4 Å². The van der Waals surface area contributed by atoms with Crippen molar-refractivity contribution in [3.05, 3.63) is 23.8 Å². The summed E-state index contributed by atoms with van der Waals surface area (Å²) >= 11 is 0. The fourth-order valence-electron chi connectivity index (χ4n) is 1.22. The summed E-state index contributed by atoms with van der Waals surface area (Å²) in [6, 6.07) is 2.06. The van der Waals surface area contributed by atoms with Crippen molar-refractivity contribution in [1.82, 2.24) is 0 Å². The molecule has 0 aliphatic heterocycles. The molecule has 0 atom stereocenters. The van der Waals surface area contributed by atoms with Crippen molar-refractivity contribution in [2.45, 2.75) is 25.9 Å².